The topological polar surface area (TPSA) is 75.7 Å². The van der Waals surface area contributed by atoms with Gasteiger partial charge in [-0.1, -0.05) is 25.6 Å². The average Bonchev–Trinajstić information content (AvgIpc) is 2.75. The number of halogens is 1. The molecule has 1 aliphatic rings. The van der Waals surface area contributed by atoms with E-state index in [-0.39, 0.29) is 34.0 Å². The van der Waals surface area contributed by atoms with Gasteiger partial charge in [0.25, 0.3) is 5.91 Å². The molecule has 1 saturated heterocycles. The van der Waals surface area contributed by atoms with E-state index in [0.717, 1.165) is 11.3 Å². The second-order valence-electron chi connectivity index (χ2n) is 8.23. The smallest absolute Gasteiger partial charge is 0.252 e. The molecule has 0 bridgehead atoms. The summed E-state index contributed by atoms with van der Waals surface area (Å²) < 4.78 is 46.5. The molecule has 32 heavy (non-hydrogen) atoms. The van der Waals surface area contributed by atoms with E-state index in [2.05, 4.69) is 19.2 Å². The van der Waals surface area contributed by atoms with E-state index in [0.29, 0.717) is 31.1 Å². The molecule has 1 amide bonds. The third-order valence-corrected chi connectivity index (χ3v) is 8.21. The van der Waals surface area contributed by atoms with Crippen molar-refractivity contribution in [2.75, 3.05) is 33.4 Å². The third-order valence-electron chi connectivity index (χ3n) is 5.30. The van der Waals surface area contributed by atoms with Crippen molar-refractivity contribution in [1.82, 2.24) is 9.62 Å². The Morgan fingerprint density at radius 1 is 1.16 bits per heavy atom. The van der Waals surface area contributed by atoms with Crippen molar-refractivity contribution in [1.29, 1.82) is 0 Å². The maximum atomic E-state index is 13.3. The standard InChI is InChI=1S/C23H29FN2O4S2/c1-16-12-17(2)15-26(14-16)32(28,29)20-8-9-22(31-19-6-4-18(24)5-7-19)21(13-20)23(27)25-10-11-30-3/h4-9,13,16-17H,10-12,14-15H2,1-3H3,(H,25,27)/t16-,17-/m1/s1. The van der Waals surface area contributed by atoms with Crippen molar-refractivity contribution in [3.63, 3.8) is 0 Å². The molecule has 1 heterocycles. The van der Waals surface area contributed by atoms with Crippen LogP contribution in [-0.2, 0) is 14.8 Å². The molecule has 0 aliphatic carbocycles. The quantitative estimate of drug-likeness (QED) is 0.578. The average molecular weight is 481 g/mol. The zero-order valence-corrected chi connectivity index (χ0v) is 20.1. The van der Waals surface area contributed by atoms with Gasteiger partial charge < -0.3 is 10.1 Å². The van der Waals surface area contributed by atoms with E-state index in [9.17, 15) is 17.6 Å². The fourth-order valence-electron chi connectivity index (χ4n) is 3.88. The molecule has 1 N–H and O–H groups in total. The third kappa shape index (κ3) is 6.10. The van der Waals surface area contributed by atoms with Gasteiger partial charge in [0, 0.05) is 36.5 Å². The van der Waals surface area contributed by atoms with E-state index in [1.807, 2.05) is 0 Å². The zero-order chi connectivity index (χ0) is 23.3. The van der Waals surface area contributed by atoms with Gasteiger partial charge in [-0.2, -0.15) is 4.31 Å². The number of carbonyl (C=O) groups excluding carboxylic acids is 1. The molecule has 2 atom stereocenters. The fourth-order valence-corrected chi connectivity index (χ4v) is 6.51. The molecular formula is C23H29FN2O4S2. The Morgan fingerprint density at radius 2 is 1.81 bits per heavy atom. The minimum Gasteiger partial charge on any atom is -0.383 e. The van der Waals surface area contributed by atoms with Gasteiger partial charge in [0.1, 0.15) is 5.82 Å². The van der Waals surface area contributed by atoms with Gasteiger partial charge in [-0.25, -0.2) is 12.8 Å². The summed E-state index contributed by atoms with van der Waals surface area (Å²) in [6.45, 7) is 5.68. The highest BCUT2D eigenvalue weighted by molar-refractivity contribution is 7.99. The molecule has 0 aromatic heterocycles. The lowest BCUT2D eigenvalue weighted by molar-refractivity contribution is 0.0934. The normalized spacial score (nSPS) is 19.6. The minimum atomic E-state index is -3.73. The maximum absolute atomic E-state index is 13.3. The van der Waals surface area contributed by atoms with Crippen LogP contribution in [0.4, 0.5) is 4.39 Å². The number of benzene rings is 2. The van der Waals surface area contributed by atoms with Gasteiger partial charge in [-0.15, -0.1) is 0 Å². The van der Waals surface area contributed by atoms with Crippen molar-refractivity contribution >= 4 is 27.7 Å². The summed E-state index contributed by atoms with van der Waals surface area (Å²) in [5.74, 6) is -0.181. The maximum Gasteiger partial charge on any atom is 0.252 e. The van der Waals surface area contributed by atoms with Crippen molar-refractivity contribution in [2.24, 2.45) is 11.8 Å². The van der Waals surface area contributed by atoms with Crippen LogP contribution in [0.15, 0.2) is 57.2 Å². The first kappa shape index (κ1) is 24.7. The van der Waals surface area contributed by atoms with Crippen LogP contribution in [0.3, 0.4) is 0 Å². The molecule has 0 unspecified atom stereocenters. The number of nitrogens with zero attached hydrogens (tertiary/aromatic N) is 1. The first-order valence-corrected chi connectivity index (χ1v) is 12.8. The minimum absolute atomic E-state index is 0.0964. The van der Waals surface area contributed by atoms with E-state index < -0.39 is 10.0 Å². The van der Waals surface area contributed by atoms with Crippen molar-refractivity contribution in [3.05, 3.63) is 53.8 Å². The summed E-state index contributed by atoms with van der Waals surface area (Å²) >= 11 is 1.28. The van der Waals surface area contributed by atoms with E-state index in [1.165, 1.54) is 47.4 Å². The lowest BCUT2D eigenvalue weighted by atomic mass is 9.94. The SMILES string of the molecule is COCCNC(=O)c1cc(S(=O)(=O)N2C[C@H](C)C[C@@H](C)C2)ccc1Sc1ccc(F)cc1. The number of hydrogen-bond donors (Lipinski definition) is 1. The molecule has 0 radical (unpaired) electrons. The van der Waals surface area contributed by atoms with Gasteiger partial charge in [0.15, 0.2) is 0 Å². The van der Waals surface area contributed by atoms with Crippen molar-refractivity contribution in [3.8, 4) is 0 Å². The number of carbonyl (C=O) groups is 1. The summed E-state index contributed by atoms with van der Waals surface area (Å²) in [5.41, 5.74) is 0.259. The molecule has 0 saturated carbocycles. The molecule has 2 aromatic carbocycles. The monoisotopic (exact) mass is 480 g/mol. The molecule has 6 nitrogen and oxygen atoms in total. The highest BCUT2D eigenvalue weighted by Crippen LogP contribution is 2.34. The number of rotatable bonds is 8. The molecule has 9 heteroatoms. The molecular weight excluding hydrogens is 451 g/mol. The summed E-state index contributed by atoms with van der Waals surface area (Å²) in [4.78, 5) is 14.3. The Kier molecular flexibility index (Phi) is 8.32. The van der Waals surface area contributed by atoms with Crippen LogP contribution in [0, 0.1) is 17.7 Å². The van der Waals surface area contributed by atoms with Crippen molar-refractivity contribution in [2.45, 2.75) is 35.0 Å². The van der Waals surface area contributed by atoms with Gasteiger partial charge in [-0.05, 0) is 60.7 Å². The first-order chi connectivity index (χ1) is 15.2. The van der Waals surface area contributed by atoms with Gasteiger partial charge in [0.2, 0.25) is 10.0 Å². The Bertz CT molecular complexity index is 1030. The van der Waals surface area contributed by atoms with E-state index in [1.54, 1.807) is 18.2 Å². The predicted octanol–water partition coefficient (Wildman–Crippen LogP) is 4.02. The molecule has 174 valence electrons. The number of ether oxygens (including phenoxy) is 1. The number of methoxy groups -OCH3 is 1. The molecule has 0 spiro atoms. The highest BCUT2D eigenvalue weighted by Gasteiger charge is 2.32. The second kappa shape index (κ2) is 10.8. The Morgan fingerprint density at radius 3 is 2.44 bits per heavy atom. The lowest BCUT2D eigenvalue weighted by Crippen LogP contribution is -2.42. The molecule has 3 rings (SSSR count). The predicted molar refractivity (Wildman–Crippen MR) is 123 cm³/mol. The van der Waals surface area contributed by atoms with Crippen LogP contribution in [0.25, 0.3) is 0 Å². The van der Waals surface area contributed by atoms with Gasteiger partial charge in [-0.3, -0.25) is 4.79 Å². The number of amides is 1. The van der Waals surface area contributed by atoms with Gasteiger partial charge in [0.05, 0.1) is 17.1 Å². The first-order valence-electron chi connectivity index (χ1n) is 10.6. The summed E-state index contributed by atoms with van der Waals surface area (Å²) in [7, 11) is -2.20. The molecule has 2 aromatic rings. The Balaban J connectivity index is 1.95. The van der Waals surface area contributed by atoms with Gasteiger partial charge >= 0.3 is 0 Å². The van der Waals surface area contributed by atoms with Crippen LogP contribution < -0.4 is 5.32 Å². The lowest BCUT2D eigenvalue weighted by Gasteiger charge is -2.34. The summed E-state index contributed by atoms with van der Waals surface area (Å²) in [6.07, 6.45) is 0.992. The zero-order valence-electron chi connectivity index (χ0n) is 18.5. The summed E-state index contributed by atoms with van der Waals surface area (Å²) in [6, 6.07) is 10.5. The van der Waals surface area contributed by atoms with Crippen LogP contribution in [-0.4, -0.2) is 52.0 Å². The van der Waals surface area contributed by atoms with Crippen LogP contribution >= 0.6 is 11.8 Å². The Labute approximate surface area is 193 Å². The number of piperidine rings is 1. The van der Waals surface area contributed by atoms with Crippen LogP contribution in [0.2, 0.25) is 0 Å². The number of sulfonamides is 1. The fraction of sp³-hybridized carbons (Fsp3) is 0.435. The molecule has 1 aliphatic heterocycles. The van der Waals surface area contributed by atoms with E-state index >= 15 is 0 Å². The molecule has 1 fully saturated rings. The number of nitrogens with one attached hydrogen (secondary N) is 1. The Hall–Kier alpha value is -1.94. The highest BCUT2D eigenvalue weighted by atomic mass is 32.2. The van der Waals surface area contributed by atoms with Crippen LogP contribution in [0.5, 0.6) is 0 Å². The van der Waals surface area contributed by atoms with Crippen molar-refractivity contribution < 1.29 is 22.3 Å². The van der Waals surface area contributed by atoms with Crippen LogP contribution in [0.1, 0.15) is 30.6 Å². The summed E-state index contributed by atoms with van der Waals surface area (Å²) in [5, 5.41) is 2.76. The second-order valence-corrected chi connectivity index (χ2v) is 11.3. The number of hydrogen-bond acceptors (Lipinski definition) is 5. The largest absolute Gasteiger partial charge is 0.383 e. The van der Waals surface area contributed by atoms with E-state index in [4.69, 9.17) is 4.74 Å².